The summed E-state index contributed by atoms with van der Waals surface area (Å²) in [6.07, 6.45) is 5.48. The number of carbonyl (C=O) groups is 1. The molecule has 3 rings (SSSR count). The van der Waals surface area contributed by atoms with Gasteiger partial charge in [0, 0.05) is 29.6 Å². The first-order chi connectivity index (χ1) is 9.50. The van der Waals surface area contributed by atoms with Crippen LogP contribution in [0.5, 0.6) is 0 Å². The van der Waals surface area contributed by atoms with E-state index in [1.807, 2.05) is 0 Å². The molecule has 1 aromatic heterocycles. The number of rotatable bonds is 2. The molecule has 3 atom stereocenters. The van der Waals surface area contributed by atoms with E-state index in [0.717, 1.165) is 6.42 Å². The molecule has 2 saturated carbocycles. The molecule has 4 nitrogen and oxygen atoms in total. The Morgan fingerprint density at radius 2 is 2.10 bits per heavy atom. The summed E-state index contributed by atoms with van der Waals surface area (Å²) in [7, 11) is 0. The highest BCUT2D eigenvalue weighted by Gasteiger charge is 2.53. The number of aromatic nitrogens is 1. The lowest BCUT2D eigenvalue weighted by molar-refractivity contribution is 0.0954. The van der Waals surface area contributed by atoms with E-state index in [2.05, 4.69) is 36.3 Å². The summed E-state index contributed by atoms with van der Waals surface area (Å²) in [4.78, 5) is 15.9. The number of nitrogens with one attached hydrogen (secondary N) is 1. The van der Waals surface area contributed by atoms with E-state index in [9.17, 15) is 4.79 Å². The van der Waals surface area contributed by atoms with Crippen LogP contribution in [0.1, 0.15) is 44.0 Å². The highest BCUT2D eigenvalue weighted by atomic mass is 16.2. The van der Waals surface area contributed by atoms with Gasteiger partial charge in [-0.05, 0) is 42.2 Å². The highest BCUT2D eigenvalue weighted by Crippen LogP contribution is 2.57. The average Bonchev–Trinajstić information content (AvgIpc) is 2.97. The number of carbonyl (C=O) groups excluding carboxylic acids is 1. The molecular formula is C16H21N3O. The van der Waals surface area contributed by atoms with Gasteiger partial charge in [0.05, 0.1) is 0 Å². The van der Waals surface area contributed by atoms with Crippen molar-refractivity contribution in [1.29, 1.82) is 0 Å². The zero-order chi connectivity index (χ0) is 14.3. The molecule has 0 saturated heterocycles. The fourth-order valence-corrected chi connectivity index (χ4v) is 3.70. The van der Waals surface area contributed by atoms with Gasteiger partial charge in [-0.25, -0.2) is 5.43 Å². The van der Waals surface area contributed by atoms with Gasteiger partial charge in [-0.3, -0.25) is 9.78 Å². The van der Waals surface area contributed by atoms with Gasteiger partial charge in [0.1, 0.15) is 0 Å². The van der Waals surface area contributed by atoms with Gasteiger partial charge in [0.2, 0.25) is 0 Å². The molecule has 0 aromatic carbocycles. The third kappa shape index (κ3) is 2.03. The predicted molar refractivity (Wildman–Crippen MR) is 78.3 cm³/mol. The van der Waals surface area contributed by atoms with Crippen LogP contribution in [0.15, 0.2) is 29.6 Å². The first-order valence-corrected chi connectivity index (χ1v) is 7.27. The molecule has 2 fully saturated rings. The maximum Gasteiger partial charge on any atom is 0.271 e. The van der Waals surface area contributed by atoms with Gasteiger partial charge in [-0.2, -0.15) is 5.10 Å². The maximum absolute atomic E-state index is 12.0. The Labute approximate surface area is 119 Å². The lowest BCUT2D eigenvalue weighted by Gasteiger charge is -2.36. The largest absolute Gasteiger partial charge is 0.271 e. The van der Waals surface area contributed by atoms with Crippen molar-refractivity contribution >= 4 is 11.6 Å². The number of amides is 1. The Balaban J connectivity index is 1.69. The summed E-state index contributed by atoms with van der Waals surface area (Å²) in [5.74, 6) is 1.72. The third-order valence-electron chi connectivity index (χ3n) is 5.49. The van der Waals surface area contributed by atoms with Crippen LogP contribution in [0.4, 0.5) is 0 Å². The van der Waals surface area contributed by atoms with E-state index in [0.29, 0.717) is 28.7 Å². The summed E-state index contributed by atoms with van der Waals surface area (Å²) in [5, 5.41) is 4.39. The molecule has 20 heavy (non-hydrogen) atoms. The Bertz CT molecular complexity index is 546. The van der Waals surface area contributed by atoms with Gasteiger partial charge in [-0.15, -0.1) is 0 Å². The van der Waals surface area contributed by atoms with Crippen LogP contribution in [0, 0.1) is 23.2 Å². The van der Waals surface area contributed by atoms with E-state index in [-0.39, 0.29) is 5.91 Å². The summed E-state index contributed by atoms with van der Waals surface area (Å²) >= 11 is 0. The maximum atomic E-state index is 12.0. The van der Waals surface area contributed by atoms with Crippen LogP contribution >= 0.6 is 0 Å². The van der Waals surface area contributed by atoms with Crippen molar-refractivity contribution in [2.75, 3.05) is 0 Å². The standard InChI is InChI=1S/C16H21N3O/c1-10-13-8-12(16(10,2)3)9-14(13)18-19-15(20)11-4-6-17-7-5-11/h4-7,10,12-13H,8-9H2,1-3H3,(H,19,20)/b18-14-/t10-,12+,13+/m1/s1. The van der Waals surface area contributed by atoms with Gasteiger partial charge in [0.15, 0.2) is 0 Å². The lowest BCUT2D eigenvalue weighted by Crippen LogP contribution is -2.34. The van der Waals surface area contributed by atoms with Crippen molar-refractivity contribution in [1.82, 2.24) is 10.4 Å². The number of hydrazone groups is 1. The molecule has 1 heterocycles. The second kappa shape index (κ2) is 4.69. The summed E-state index contributed by atoms with van der Waals surface area (Å²) < 4.78 is 0. The molecule has 0 unspecified atom stereocenters. The van der Waals surface area contributed by atoms with Crippen molar-refractivity contribution in [2.24, 2.45) is 28.3 Å². The monoisotopic (exact) mass is 271 g/mol. The molecule has 2 bridgehead atoms. The average molecular weight is 271 g/mol. The third-order valence-corrected chi connectivity index (χ3v) is 5.49. The van der Waals surface area contributed by atoms with E-state index >= 15 is 0 Å². The van der Waals surface area contributed by atoms with E-state index in [1.165, 1.54) is 12.1 Å². The van der Waals surface area contributed by atoms with Crippen LogP contribution in [0.3, 0.4) is 0 Å². The molecule has 0 spiro atoms. The predicted octanol–water partition coefficient (Wildman–Crippen LogP) is 2.87. The van der Waals surface area contributed by atoms with Crippen LogP contribution in [-0.4, -0.2) is 16.6 Å². The Morgan fingerprint density at radius 1 is 1.40 bits per heavy atom. The normalized spacial score (nSPS) is 32.5. The van der Waals surface area contributed by atoms with Crippen molar-refractivity contribution in [3.05, 3.63) is 30.1 Å². The van der Waals surface area contributed by atoms with Crippen LogP contribution in [-0.2, 0) is 0 Å². The van der Waals surface area contributed by atoms with E-state index in [1.54, 1.807) is 24.5 Å². The second-order valence-electron chi connectivity index (χ2n) is 6.63. The Hall–Kier alpha value is -1.71. The number of nitrogens with zero attached hydrogens (tertiary/aromatic N) is 2. The summed E-state index contributed by atoms with van der Waals surface area (Å²) in [6, 6.07) is 3.39. The number of fused-ring (bicyclic) bond motifs is 2. The summed E-state index contributed by atoms with van der Waals surface area (Å²) in [6.45, 7) is 7.02. The Kier molecular flexibility index (Phi) is 3.11. The van der Waals surface area contributed by atoms with Crippen molar-refractivity contribution in [3.8, 4) is 0 Å². The quantitative estimate of drug-likeness (QED) is 0.841. The van der Waals surface area contributed by atoms with Crippen molar-refractivity contribution in [2.45, 2.75) is 33.6 Å². The minimum Gasteiger partial charge on any atom is -0.267 e. The van der Waals surface area contributed by atoms with Crippen molar-refractivity contribution in [3.63, 3.8) is 0 Å². The molecule has 1 amide bonds. The summed E-state index contributed by atoms with van der Waals surface area (Å²) in [5.41, 5.74) is 4.87. The number of hydrogen-bond acceptors (Lipinski definition) is 3. The van der Waals surface area contributed by atoms with Crippen LogP contribution < -0.4 is 5.43 Å². The zero-order valence-corrected chi connectivity index (χ0v) is 12.3. The molecular weight excluding hydrogens is 250 g/mol. The van der Waals surface area contributed by atoms with Gasteiger partial charge >= 0.3 is 0 Å². The molecule has 0 radical (unpaired) electrons. The smallest absolute Gasteiger partial charge is 0.267 e. The number of hydrogen-bond donors (Lipinski definition) is 1. The molecule has 1 aromatic rings. The van der Waals surface area contributed by atoms with Gasteiger partial charge in [-0.1, -0.05) is 20.8 Å². The van der Waals surface area contributed by atoms with Crippen LogP contribution in [0.2, 0.25) is 0 Å². The van der Waals surface area contributed by atoms with Crippen molar-refractivity contribution < 1.29 is 4.79 Å². The SMILES string of the molecule is C[C@@H]1[C@@H]2C[C@@H](C/C2=N/NC(=O)c2ccncc2)C1(C)C. The second-order valence-corrected chi connectivity index (χ2v) is 6.63. The lowest BCUT2D eigenvalue weighted by atomic mass is 9.69. The molecule has 2 aliphatic rings. The van der Waals surface area contributed by atoms with Crippen LogP contribution in [0.25, 0.3) is 0 Å². The molecule has 1 N–H and O–H groups in total. The Morgan fingerprint density at radius 3 is 2.70 bits per heavy atom. The molecule has 0 aliphatic heterocycles. The first kappa shape index (κ1) is 13.3. The number of pyridine rings is 1. The topological polar surface area (TPSA) is 54.4 Å². The van der Waals surface area contributed by atoms with Gasteiger partial charge < -0.3 is 0 Å². The fourth-order valence-electron chi connectivity index (χ4n) is 3.70. The minimum absolute atomic E-state index is 0.158. The van der Waals surface area contributed by atoms with E-state index in [4.69, 9.17) is 0 Å². The fraction of sp³-hybridized carbons (Fsp3) is 0.562. The highest BCUT2D eigenvalue weighted by molar-refractivity contribution is 5.96. The van der Waals surface area contributed by atoms with E-state index < -0.39 is 0 Å². The molecule has 2 aliphatic carbocycles. The van der Waals surface area contributed by atoms with Gasteiger partial charge in [0.25, 0.3) is 5.91 Å². The zero-order valence-electron chi connectivity index (χ0n) is 12.3. The minimum atomic E-state index is -0.158. The molecule has 4 heteroatoms. The molecule has 106 valence electrons. The first-order valence-electron chi connectivity index (χ1n) is 7.27.